The number of aryl methyl sites for hydroxylation is 1. The van der Waals surface area contributed by atoms with Crippen molar-refractivity contribution >= 4 is 27.4 Å². The Balaban J connectivity index is 1.63. The lowest BCUT2D eigenvalue weighted by molar-refractivity contribution is 0.569. The van der Waals surface area contributed by atoms with Crippen molar-refractivity contribution in [2.75, 3.05) is 18.0 Å². The summed E-state index contributed by atoms with van der Waals surface area (Å²) in [5.41, 5.74) is 2.39. The van der Waals surface area contributed by atoms with Crippen molar-refractivity contribution < 1.29 is 0 Å². The van der Waals surface area contributed by atoms with Crippen LogP contribution in [-0.4, -0.2) is 35.1 Å². The zero-order valence-corrected chi connectivity index (χ0v) is 12.6. The van der Waals surface area contributed by atoms with Crippen LogP contribution >= 0.6 is 11.3 Å². The lowest BCUT2D eigenvalue weighted by Crippen LogP contribution is -2.39. The second kappa shape index (κ2) is 4.97. The van der Waals surface area contributed by atoms with Crippen LogP contribution in [0.3, 0.4) is 0 Å². The van der Waals surface area contributed by atoms with Gasteiger partial charge in [-0.25, -0.2) is 9.97 Å². The van der Waals surface area contributed by atoms with Crippen LogP contribution in [0.2, 0.25) is 0 Å². The van der Waals surface area contributed by atoms with Gasteiger partial charge in [0.15, 0.2) is 0 Å². The molecule has 20 heavy (non-hydrogen) atoms. The van der Waals surface area contributed by atoms with Gasteiger partial charge in [-0.3, -0.25) is 0 Å². The molecular weight excluding hydrogens is 268 g/mol. The van der Waals surface area contributed by atoms with Gasteiger partial charge >= 0.3 is 0 Å². The summed E-state index contributed by atoms with van der Waals surface area (Å²) in [4.78, 5) is 11.5. The average molecular weight is 288 g/mol. The zero-order valence-electron chi connectivity index (χ0n) is 11.8. The van der Waals surface area contributed by atoms with Crippen LogP contribution in [-0.2, 0) is 0 Å². The monoisotopic (exact) mass is 288 g/mol. The highest BCUT2D eigenvalue weighted by Gasteiger charge is 2.29. The molecule has 0 aromatic carbocycles. The topological polar surface area (TPSA) is 41.0 Å². The normalized spacial score (nSPS) is 22.9. The largest absolute Gasteiger partial charge is 0.351 e. The first kappa shape index (κ1) is 12.5. The Morgan fingerprint density at radius 3 is 3.10 bits per heavy atom. The maximum absolute atomic E-state index is 4.59. The van der Waals surface area contributed by atoms with E-state index in [0.717, 1.165) is 30.5 Å². The van der Waals surface area contributed by atoms with E-state index in [4.69, 9.17) is 0 Å². The van der Waals surface area contributed by atoms with Crippen LogP contribution in [0.5, 0.6) is 0 Å². The van der Waals surface area contributed by atoms with Gasteiger partial charge in [0.25, 0.3) is 0 Å². The van der Waals surface area contributed by atoms with Crippen LogP contribution in [0.15, 0.2) is 11.7 Å². The summed E-state index contributed by atoms with van der Waals surface area (Å²) >= 11 is 1.78. The molecule has 4 rings (SSSR count). The van der Waals surface area contributed by atoms with Gasteiger partial charge < -0.3 is 10.2 Å². The lowest BCUT2D eigenvalue weighted by Gasteiger charge is -2.26. The molecule has 1 aliphatic carbocycles. The number of rotatable bonds is 4. The molecule has 1 N–H and O–H groups in total. The molecule has 2 fully saturated rings. The predicted octanol–water partition coefficient (Wildman–Crippen LogP) is 2.72. The minimum absolute atomic E-state index is 0.594. The van der Waals surface area contributed by atoms with E-state index in [2.05, 4.69) is 32.5 Å². The first-order chi connectivity index (χ1) is 9.83. The number of anilines is 1. The molecule has 0 amide bonds. The number of nitrogens with zero attached hydrogens (tertiary/aromatic N) is 3. The molecule has 0 radical (unpaired) electrons. The van der Waals surface area contributed by atoms with Gasteiger partial charge in [-0.1, -0.05) is 0 Å². The minimum Gasteiger partial charge on any atom is -0.351 e. The van der Waals surface area contributed by atoms with E-state index in [9.17, 15) is 0 Å². The molecule has 5 heteroatoms. The molecule has 106 valence electrons. The Kier molecular flexibility index (Phi) is 3.11. The average Bonchev–Trinajstić information content (AvgIpc) is 3.05. The summed E-state index contributed by atoms with van der Waals surface area (Å²) in [6.07, 6.45) is 6.98. The fourth-order valence-corrected chi connectivity index (χ4v) is 4.09. The van der Waals surface area contributed by atoms with E-state index < -0.39 is 0 Å². The fraction of sp³-hybridized carbons (Fsp3) is 0.600. The SMILES string of the molecule is Cc1csc2c(N3CCCC3CNC3CC3)ncnc12. The number of hydrogen-bond acceptors (Lipinski definition) is 5. The molecule has 1 unspecified atom stereocenters. The predicted molar refractivity (Wildman–Crippen MR) is 83.5 cm³/mol. The van der Waals surface area contributed by atoms with Crippen LogP contribution in [0, 0.1) is 6.92 Å². The van der Waals surface area contributed by atoms with Gasteiger partial charge in [-0.15, -0.1) is 11.3 Å². The Bertz CT molecular complexity index is 619. The minimum atomic E-state index is 0.594. The van der Waals surface area contributed by atoms with Crippen molar-refractivity contribution in [1.82, 2.24) is 15.3 Å². The number of fused-ring (bicyclic) bond motifs is 1. The molecule has 1 aliphatic heterocycles. The quantitative estimate of drug-likeness (QED) is 0.939. The van der Waals surface area contributed by atoms with Crippen molar-refractivity contribution in [1.29, 1.82) is 0 Å². The Labute approximate surface area is 123 Å². The second-order valence-electron chi connectivity index (χ2n) is 5.97. The van der Waals surface area contributed by atoms with Crippen LogP contribution in [0.1, 0.15) is 31.2 Å². The number of thiophene rings is 1. The van der Waals surface area contributed by atoms with Gasteiger partial charge in [0.05, 0.1) is 10.2 Å². The molecular formula is C15H20N4S. The molecule has 1 saturated carbocycles. The fourth-order valence-electron chi connectivity index (χ4n) is 3.08. The van der Waals surface area contributed by atoms with Gasteiger partial charge in [-0.2, -0.15) is 0 Å². The van der Waals surface area contributed by atoms with Crippen molar-refractivity contribution in [3.8, 4) is 0 Å². The molecule has 3 heterocycles. The van der Waals surface area contributed by atoms with E-state index >= 15 is 0 Å². The van der Waals surface area contributed by atoms with E-state index in [1.807, 2.05) is 0 Å². The molecule has 2 aliphatic rings. The number of aromatic nitrogens is 2. The molecule has 4 nitrogen and oxygen atoms in total. The Hall–Kier alpha value is -1.20. The van der Waals surface area contributed by atoms with Gasteiger partial charge in [0.2, 0.25) is 0 Å². The smallest absolute Gasteiger partial charge is 0.150 e. The highest BCUT2D eigenvalue weighted by molar-refractivity contribution is 7.18. The van der Waals surface area contributed by atoms with Crippen molar-refractivity contribution in [2.24, 2.45) is 0 Å². The van der Waals surface area contributed by atoms with E-state index in [1.165, 1.54) is 35.9 Å². The van der Waals surface area contributed by atoms with Gasteiger partial charge in [-0.05, 0) is 43.6 Å². The van der Waals surface area contributed by atoms with Gasteiger partial charge in [0, 0.05) is 25.2 Å². The van der Waals surface area contributed by atoms with Gasteiger partial charge in [0.1, 0.15) is 12.1 Å². The number of hydrogen-bond donors (Lipinski definition) is 1. The Morgan fingerprint density at radius 2 is 2.25 bits per heavy atom. The summed E-state index contributed by atoms with van der Waals surface area (Å²) in [6.45, 7) is 4.35. The third-order valence-corrected chi connectivity index (χ3v) is 5.46. The van der Waals surface area contributed by atoms with Crippen molar-refractivity contribution in [3.63, 3.8) is 0 Å². The van der Waals surface area contributed by atoms with E-state index in [0.29, 0.717) is 6.04 Å². The second-order valence-corrected chi connectivity index (χ2v) is 6.85. The molecule has 0 bridgehead atoms. The molecule has 1 saturated heterocycles. The first-order valence-electron chi connectivity index (χ1n) is 7.52. The van der Waals surface area contributed by atoms with Crippen molar-refractivity contribution in [3.05, 3.63) is 17.3 Å². The maximum atomic E-state index is 4.59. The molecule has 2 aromatic heterocycles. The molecule has 0 spiro atoms. The number of nitrogens with one attached hydrogen (secondary N) is 1. The summed E-state index contributed by atoms with van der Waals surface area (Å²) < 4.78 is 1.25. The highest BCUT2D eigenvalue weighted by atomic mass is 32.1. The van der Waals surface area contributed by atoms with Crippen LogP contribution < -0.4 is 10.2 Å². The summed E-state index contributed by atoms with van der Waals surface area (Å²) in [6, 6.07) is 1.38. The lowest BCUT2D eigenvalue weighted by atomic mass is 10.2. The summed E-state index contributed by atoms with van der Waals surface area (Å²) in [5, 5.41) is 5.86. The summed E-state index contributed by atoms with van der Waals surface area (Å²) in [7, 11) is 0. The zero-order chi connectivity index (χ0) is 13.5. The summed E-state index contributed by atoms with van der Waals surface area (Å²) in [5.74, 6) is 1.15. The highest BCUT2D eigenvalue weighted by Crippen LogP contribution is 2.34. The maximum Gasteiger partial charge on any atom is 0.150 e. The molecule has 1 atom stereocenters. The first-order valence-corrected chi connectivity index (χ1v) is 8.40. The van der Waals surface area contributed by atoms with E-state index in [-0.39, 0.29) is 0 Å². The Morgan fingerprint density at radius 1 is 1.35 bits per heavy atom. The third kappa shape index (κ3) is 2.19. The standard InChI is InChI=1S/C15H20N4S/c1-10-8-20-14-13(10)17-9-18-15(14)19-6-2-3-12(19)7-16-11-4-5-11/h8-9,11-12,16H,2-7H2,1H3. The van der Waals surface area contributed by atoms with Crippen LogP contribution in [0.25, 0.3) is 10.2 Å². The van der Waals surface area contributed by atoms with Crippen molar-refractivity contribution in [2.45, 2.75) is 44.7 Å². The van der Waals surface area contributed by atoms with Crippen LogP contribution in [0.4, 0.5) is 5.82 Å². The van der Waals surface area contributed by atoms with E-state index in [1.54, 1.807) is 17.7 Å². The molecule has 2 aromatic rings. The third-order valence-electron chi connectivity index (χ3n) is 4.38.